The summed E-state index contributed by atoms with van der Waals surface area (Å²) >= 11 is 5.93. The third-order valence-electron chi connectivity index (χ3n) is 3.44. The normalized spacial score (nSPS) is 13.9. The molecule has 0 radical (unpaired) electrons. The van der Waals surface area contributed by atoms with Crippen LogP contribution in [0.15, 0.2) is 41.3 Å². The van der Waals surface area contributed by atoms with Crippen LogP contribution in [0.2, 0.25) is 5.02 Å². The van der Waals surface area contributed by atoms with E-state index in [0.717, 1.165) is 6.42 Å². The van der Waals surface area contributed by atoms with Gasteiger partial charge in [-0.3, -0.25) is 4.72 Å². The van der Waals surface area contributed by atoms with Gasteiger partial charge in [-0.2, -0.15) is 0 Å². The molecule has 1 aliphatic rings. The number of rotatable bonds is 4. The molecule has 1 N–H and O–H groups in total. The first kappa shape index (κ1) is 16.7. The highest BCUT2D eigenvalue weighted by molar-refractivity contribution is 7.92. The molecule has 0 aliphatic carbocycles. The van der Waals surface area contributed by atoms with Gasteiger partial charge in [0.25, 0.3) is 10.0 Å². The SMILES string of the molecule is COc1ccc(Cl)cc1NS(=O)(=O)c1ccc2c(c1)OCCCO2. The van der Waals surface area contributed by atoms with Crippen molar-refractivity contribution in [1.29, 1.82) is 0 Å². The number of benzene rings is 2. The lowest BCUT2D eigenvalue weighted by molar-refractivity contribution is 0.297. The molecule has 0 saturated carbocycles. The Kier molecular flexibility index (Phi) is 4.73. The summed E-state index contributed by atoms with van der Waals surface area (Å²) in [6.07, 6.45) is 0.745. The average molecular weight is 370 g/mol. The Bertz CT molecular complexity index is 854. The van der Waals surface area contributed by atoms with E-state index in [1.54, 1.807) is 18.2 Å². The van der Waals surface area contributed by atoms with Crippen LogP contribution >= 0.6 is 11.6 Å². The lowest BCUT2D eigenvalue weighted by Gasteiger charge is -2.13. The second kappa shape index (κ2) is 6.78. The molecule has 2 aromatic carbocycles. The fourth-order valence-electron chi connectivity index (χ4n) is 2.27. The fourth-order valence-corrected chi connectivity index (χ4v) is 3.52. The number of ether oxygens (including phenoxy) is 3. The molecule has 6 nitrogen and oxygen atoms in total. The van der Waals surface area contributed by atoms with E-state index in [1.165, 1.54) is 25.3 Å². The maximum Gasteiger partial charge on any atom is 0.262 e. The largest absolute Gasteiger partial charge is 0.495 e. The van der Waals surface area contributed by atoms with E-state index in [1.807, 2.05) is 0 Å². The summed E-state index contributed by atoms with van der Waals surface area (Å²) in [4.78, 5) is 0.0637. The Morgan fingerprint density at radius 2 is 1.83 bits per heavy atom. The number of fused-ring (bicyclic) bond motifs is 1. The van der Waals surface area contributed by atoms with E-state index in [-0.39, 0.29) is 10.6 Å². The fraction of sp³-hybridized carbons (Fsp3) is 0.250. The summed E-state index contributed by atoms with van der Waals surface area (Å²) in [5.41, 5.74) is 0.261. The number of anilines is 1. The molecule has 24 heavy (non-hydrogen) atoms. The third kappa shape index (κ3) is 3.52. The number of methoxy groups -OCH3 is 1. The third-order valence-corrected chi connectivity index (χ3v) is 5.03. The van der Waals surface area contributed by atoms with E-state index >= 15 is 0 Å². The molecule has 1 aliphatic heterocycles. The van der Waals surface area contributed by atoms with Crippen molar-refractivity contribution in [1.82, 2.24) is 0 Å². The Labute approximate surface area is 145 Å². The zero-order valence-corrected chi connectivity index (χ0v) is 14.5. The van der Waals surface area contributed by atoms with Gasteiger partial charge in [-0.15, -0.1) is 0 Å². The molecule has 128 valence electrons. The molecule has 0 bridgehead atoms. The zero-order valence-electron chi connectivity index (χ0n) is 12.9. The Balaban J connectivity index is 1.94. The van der Waals surface area contributed by atoms with Gasteiger partial charge in [-0.05, 0) is 30.3 Å². The van der Waals surface area contributed by atoms with Crippen molar-refractivity contribution >= 4 is 27.3 Å². The summed E-state index contributed by atoms with van der Waals surface area (Å²) < 4.78 is 44.0. The number of sulfonamides is 1. The van der Waals surface area contributed by atoms with Crippen LogP contribution in [-0.4, -0.2) is 28.7 Å². The van der Waals surface area contributed by atoms with Gasteiger partial charge in [-0.1, -0.05) is 11.6 Å². The first-order valence-corrected chi connectivity index (χ1v) is 9.12. The van der Waals surface area contributed by atoms with Crippen molar-refractivity contribution in [2.24, 2.45) is 0 Å². The van der Waals surface area contributed by atoms with Gasteiger partial charge < -0.3 is 14.2 Å². The van der Waals surface area contributed by atoms with Crippen molar-refractivity contribution in [3.63, 3.8) is 0 Å². The molecular formula is C16H16ClNO5S. The Morgan fingerprint density at radius 3 is 2.58 bits per heavy atom. The predicted molar refractivity (Wildman–Crippen MR) is 90.9 cm³/mol. The van der Waals surface area contributed by atoms with Gasteiger partial charge in [0.2, 0.25) is 0 Å². The van der Waals surface area contributed by atoms with Crippen LogP contribution in [-0.2, 0) is 10.0 Å². The Hall–Kier alpha value is -2.12. The van der Waals surface area contributed by atoms with Crippen LogP contribution < -0.4 is 18.9 Å². The highest BCUT2D eigenvalue weighted by Crippen LogP contribution is 2.34. The number of nitrogens with one attached hydrogen (secondary N) is 1. The van der Waals surface area contributed by atoms with Crippen molar-refractivity contribution < 1.29 is 22.6 Å². The van der Waals surface area contributed by atoms with E-state index < -0.39 is 10.0 Å². The van der Waals surface area contributed by atoms with E-state index in [9.17, 15) is 8.42 Å². The van der Waals surface area contributed by atoms with Crippen LogP contribution in [0.1, 0.15) is 6.42 Å². The minimum absolute atomic E-state index is 0.0637. The molecule has 1 heterocycles. The van der Waals surface area contributed by atoms with Crippen LogP contribution in [0.5, 0.6) is 17.2 Å². The minimum Gasteiger partial charge on any atom is -0.495 e. The smallest absolute Gasteiger partial charge is 0.262 e. The molecule has 0 fully saturated rings. The van der Waals surface area contributed by atoms with Crippen LogP contribution in [0, 0.1) is 0 Å². The molecule has 0 amide bonds. The van der Waals surface area contributed by atoms with Gasteiger partial charge in [0.05, 0.1) is 30.9 Å². The van der Waals surface area contributed by atoms with E-state index in [0.29, 0.717) is 35.5 Å². The molecule has 0 atom stereocenters. The molecular weight excluding hydrogens is 354 g/mol. The monoisotopic (exact) mass is 369 g/mol. The van der Waals surface area contributed by atoms with Crippen molar-refractivity contribution in [2.45, 2.75) is 11.3 Å². The number of hydrogen-bond donors (Lipinski definition) is 1. The average Bonchev–Trinajstić information content (AvgIpc) is 2.79. The molecule has 0 saturated heterocycles. The second-order valence-corrected chi connectivity index (χ2v) is 7.23. The lowest BCUT2D eigenvalue weighted by atomic mass is 10.3. The van der Waals surface area contributed by atoms with Gasteiger partial charge in [0, 0.05) is 17.5 Å². The molecule has 0 aromatic heterocycles. The quantitative estimate of drug-likeness (QED) is 0.895. The van der Waals surface area contributed by atoms with Crippen molar-refractivity contribution in [2.75, 3.05) is 25.0 Å². The topological polar surface area (TPSA) is 73.9 Å². The first-order valence-electron chi connectivity index (χ1n) is 7.25. The highest BCUT2D eigenvalue weighted by Gasteiger charge is 2.20. The molecule has 0 unspecified atom stereocenters. The summed E-state index contributed by atoms with van der Waals surface area (Å²) in [5.74, 6) is 1.32. The summed E-state index contributed by atoms with van der Waals surface area (Å²) in [5, 5.41) is 0.396. The highest BCUT2D eigenvalue weighted by atomic mass is 35.5. The van der Waals surface area contributed by atoms with E-state index in [4.69, 9.17) is 25.8 Å². The zero-order chi connectivity index (χ0) is 17.2. The van der Waals surface area contributed by atoms with Gasteiger partial charge >= 0.3 is 0 Å². The van der Waals surface area contributed by atoms with Crippen LogP contribution in [0.3, 0.4) is 0 Å². The number of halogens is 1. The summed E-state index contributed by atoms with van der Waals surface area (Å²) in [7, 11) is -2.38. The Morgan fingerprint density at radius 1 is 1.08 bits per heavy atom. The van der Waals surface area contributed by atoms with E-state index in [2.05, 4.69) is 4.72 Å². The first-order chi connectivity index (χ1) is 11.5. The molecule has 3 rings (SSSR count). The van der Waals surface area contributed by atoms with Gasteiger partial charge in [0.15, 0.2) is 11.5 Å². The van der Waals surface area contributed by atoms with Crippen molar-refractivity contribution in [3.8, 4) is 17.2 Å². The minimum atomic E-state index is -3.83. The van der Waals surface area contributed by atoms with Gasteiger partial charge in [0.1, 0.15) is 5.75 Å². The summed E-state index contributed by atoms with van der Waals surface area (Å²) in [6, 6.07) is 9.19. The predicted octanol–water partition coefficient (Wildman–Crippen LogP) is 3.31. The van der Waals surface area contributed by atoms with Gasteiger partial charge in [-0.25, -0.2) is 8.42 Å². The molecule has 8 heteroatoms. The molecule has 0 spiro atoms. The number of hydrogen-bond acceptors (Lipinski definition) is 5. The van der Waals surface area contributed by atoms with Crippen LogP contribution in [0.4, 0.5) is 5.69 Å². The van der Waals surface area contributed by atoms with Crippen molar-refractivity contribution in [3.05, 3.63) is 41.4 Å². The summed E-state index contributed by atoms with van der Waals surface area (Å²) in [6.45, 7) is 1.02. The maximum absolute atomic E-state index is 12.6. The molecule has 2 aromatic rings. The lowest BCUT2D eigenvalue weighted by Crippen LogP contribution is -2.14. The standard InChI is InChI=1S/C16H16ClNO5S/c1-21-14-5-3-11(17)9-13(14)18-24(19,20)12-4-6-15-16(10-12)23-8-2-7-22-15/h3-6,9-10,18H,2,7-8H2,1H3. The maximum atomic E-state index is 12.6. The second-order valence-electron chi connectivity index (χ2n) is 5.11. The van der Waals surface area contributed by atoms with Crippen LogP contribution in [0.25, 0.3) is 0 Å².